The van der Waals surface area contributed by atoms with Crippen molar-refractivity contribution in [1.29, 1.82) is 0 Å². The van der Waals surface area contributed by atoms with Gasteiger partial charge in [-0.3, -0.25) is 9.36 Å². The minimum atomic E-state index is -0.369. The van der Waals surface area contributed by atoms with Crippen molar-refractivity contribution in [2.24, 2.45) is 14.1 Å². The van der Waals surface area contributed by atoms with Gasteiger partial charge < -0.3 is 30.6 Å². The molecular weight excluding hydrogens is 784 g/mol. The van der Waals surface area contributed by atoms with E-state index in [1.807, 2.05) is 76.1 Å². The van der Waals surface area contributed by atoms with E-state index in [1.165, 1.54) is 0 Å². The van der Waals surface area contributed by atoms with Gasteiger partial charge >= 0.3 is 0 Å². The highest BCUT2D eigenvalue weighted by molar-refractivity contribution is 5.94. The number of aryl methyl sites for hydroxylation is 5. The first-order valence-corrected chi connectivity index (χ1v) is 21.4. The van der Waals surface area contributed by atoms with Crippen molar-refractivity contribution >= 4 is 55.2 Å². The van der Waals surface area contributed by atoms with E-state index >= 15 is 0 Å². The number of fused-ring (bicyclic) bond motifs is 4. The normalized spacial score (nSPS) is 18.3. The lowest BCUT2D eigenvalue weighted by Crippen LogP contribution is -2.56. The second kappa shape index (κ2) is 15.5. The van der Waals surface area contributed by atoms with Gasteiger partial charge in [-0.2, -0.15) is 10.2 Å². The zero-order valence-corrected chi connectivity index (χ0v) is 35.9. The van der Waals surface area contributed by atoms with E-state index < -0.39 is 0 Å². The van der Waals surface area contributed by atoms with Crippen molar-refractivity contribution < 1.29 is 14.6 Å². The van der Waals surface area contributed by atoms with Gasteiger partial charge in [-0.25, -0.2) is 24.3 Å². The molecule has 6 aromatic heterocycles. The van der Waals surface area contributed by atoms with Gasteiger partial charge in [0.2, 0.25) is 0 Å². The van der Waals surface area contributed by atoms with E-state index in [0.717, 1.165) is 92.3 Å². The second-order valence-corrected chi connectivity index (χ2v) is 17.3. The van der Waals surface area contributed by atoms with Gasteiger partial charge in [0.1, 0.15) is 18.2 Å². The third-order valence-electron chi connectivity index (χ3n) is 12.8. The van der Waals surface area contributed by atoms with Crippen LogP contribution in [-0.2, 0) is 20.5 Å². The quantitative estimate of drug-likeness (QED) is 0.124. The lowest BCUT2D eigenvalue weighted by Gasteiger charge is -2.40. The van der Waals surface area contributed by atoms with Crippen LogP contribution in [0.15, 0.2) is 61.2 Å². The molecule has 0 bridgehead atoms. The molecule has 3 atom stereocenters. The highest BCUT2D eigenvalue weighted by Crippen LogP contribution is 2.40. The first-order chi connectivity index (χ1) is 29.9. The van der Waals surface area contributed by atoms with Crippen molar-refractivity contribution in [2.75, 3.05) is 49.2 Å². The van der Waals surface area contributed by atoms with Crippen LogP contribution >= 0.6 is 0 Å². The number of phenolic OH excluding ortho intramolecular Hbond substituents is 2. The average Bonchev–Trinajstić information content (AvgIpc) is 3.99. The maximum atomic E-state index is 12.8. The number of phenols is 2. The Labute approximate surface area is 358 Å². The van der Waals surface area contributed by atoms with Gasteiger partial charge in [0, 0.05) is 121 Å². The standard InChI is InChI=1S/C47H51FN12O2/c1-25-13-40(54-47-35(25)17-33(18-50-47)59-12-9-31(23-59)49-11-10-48)37-15-30-22-58(6)56-43(30)38(45(37)62)16-32-24-60(20-26(2)52-32)41-19-51-46-34(27(41)3)7-8-39(53-46)36-14-29-21-57(5)55-42(29)28(4)44(36)61/h7-8,13-15,17-19,21-22,26,31-32,49,52,61-62H,9-12,16,20,23-24H2,1-6H3. The molecule has 3 unspecified atom stereocenters. The molecule has 2 aliphatic heterocycles. The first-order valence-electron chi connectivity index (χ1n) is 21.4. The Bertz CT molecular complexity index is 3050. The van der Waals surface area contributed by atoms with Crippen molar-refractivity contribution in [3.8, 4) is 34.0 Å². The minimum Gasteiger partial charge on any atom is -0.507 e. The Hall–Kier alpha value is -6.45. The molecule has 0 saturated carbocycles. The molecule has 0 aliphatic carbocycles. The fraction of sp³-hybridized carbons (Fsp3) is 0.362. The minimum absolute atomic E-state index is 0.0157. The van der Waals surface area contributed by atoms with Crippen molar-refractivity contribution in [3.05, 3.63) is 83.4 Å². The number of anilines is 2. The fourth-order valence-corrected chi connectivity index (χ4v) is 9.77. The Morgan fingerprint density at radius 1 is 0.790 bits per heavy atom. The fourth-order valence-electron chi connectivity index (χ4n) is 9.77. The summed E-state index contributed by atoms with van der Waals surface area (Å²) in [6.07, 6.45) is 9.20. The van der Waals surface area contributed by atoms with Gasteiger partial charge in [-0.05, 0) is 88.1 Å². The second-order valence-electron chi connectivity index (χ2n) is 17.3. The van der Waals surface area contributed by atoms with Gasteiger partial charge in [0.15, 0.2) is 11.3 Å². The molecule has 2 saturated heterocycles. The predicted octanol–water partition coefficient (Wildman–Crippen LogP) is 6.56. The van der Waals surface area contributed by atoms with Crippen LogP contribution in [0.2, 0.25) is 0 Å². The smallest absolute Gasteiger partial charge is 0.160 e. The van der Waals surface area contributed by atoms with Crippen LogP contribution in [0.5, 0.6) is 11.5 Å². The lowest BCUT2D eigenvalue weighted by molar-refractivity contribution is 0.380. The number of hydrogen-bond donors (Lipinski definition) is 4. The van der Waals surface area contributed by atoms with Crippen molar-refractivity contribution in [1.82, 2.24) is 50.1 Å². The molecule has 2 aromatic carbocycles. The topological polar surface area (TPSA) is 158 Å². The van der Waals surface area contributed by atoms with E-state index in [1.54, 1.807) is 9.36 Å². The third-order valence-corrected chi connectivity index (χ3v) is 12.8. The molecule has 0 spiro atoms. The molecule has 0 radical (unpaired) electrons. The van der Waals surface area contributed by atoms with E-state index in [9.17, 15) is 14.6 Å². The van der Waals surface area contributed by atoms with Gasteiger partial charge in [0.25, 0.3) is 0 Å². The van der Waals surface area contributed by atoms with E-state index in [0.29, 0.717) is 53.3 Å². The number of pyridine rings is 4. The number of aromatic hydroxyl groups is 2. The molecule has 10 rings (SSSR count). The van der Waals surface area contributed by atoms with Crippen molar-refractivity contribution in [2.45, 2.75) is 58.7 Å². The molecule has 318 valence electrons. The average molecular weight is 835 g/mol. The predicted molar refractivity (Wildman–Crippen MR) is 243 cm³/mol. The third kappa shape index (κ3) is 6.98. The monoisotopic (exact) mass is 834 g/mol. The van der Waals surface area contributed by atoms with Crippen LogP contribution < -0.4 is 20.4 Å². The lowest BCUT2D eigenvalue weighted by atomic mass is 9.94. The molecule has 2 aliphatic rings. The maximum Gasteiger partial charge on any atom is 0.160 e. The van der Waals surface area contributed by atoms with Crippen LogP contribution in [0.25, 0.3) is 66.4 Å². The summed E-state index contributed by atoms with van der Waals surface area (Å²) in [5, 5.41) is 43.6. The number of nitrogens with zero attached hydrogens (tertiary/aromatic N) is 10. The number of rotatable bonds is 9. The number of halogens is 1. The van der Waals surface area contributed by atoms with Gasteiger partial charge in [-0.1, -0.05) is 0 Å². The summed E-state index contributed by atoms with van der Waals surface area (Å²) in [6, 6.07) is 12.5. The Morgan fingerprint density at radius 2 is 1.50 bits per heavy atom. The summed E-state index contributed by atoms with van der Waals surface area (Å²) in [6.45, 7) is 11.4. The number of alkyl halides is 1. The highest BCUT2D eigenvalue weighted by atomic mass is 19.1. The zero-order chi connectivity index (χ0) is 43.0. The SMILES string of the molecule is Cc1cc(-c2cc3cn(C)nc3c(CC3CN(c4cnc5nc(-c6cc7cn(C)nc7c(C)c6O)ccc5c4C)CC(C)N3)c2O)nc2ncc(N3CCC(NCCF)C3)cc12. The van der Waals surface area contributed by atoms with Crippen LogP contribution in [-0.4, -0.2) is 107 Å². The summed E-state index contributed by atoms with van der Waals surface area (Å²) in [5.41, 5.74) is 11.0. The van der Waals surface area contributed by atoms with E-state index in [2.05, 4.69) is 52.4 Å². The summed E-state index contributed by atoms with van der Waals surface area (Å²) < 4.78 is 16.3. The molecule has 4 N–H and O–H groups in total. The largest absolute Gasteiger partial charge is 0.507 e. The Kier molecular flexibility index (Phi) is 9.90. The molecule has 15 heteroatoms. The van der Waals surface area contributed by atoms with E-state index in [-0.39, 0.29) is 36.3 Å². The van der Waals surface area contributed by atoms with Crippen LogP contribution in [0, 0.1) is 20.8 Å². The number of benzene rings is 2. The van der Waals surface area contributed by atoms with Crippen LogP contribution in [0.1, 0.15) is 35.6 Å². The summed E-state index contributed by atoms with van der Waals surface area (Å²) in [7, 11) is 3.78. The van der Waals surface area contributed by atoms with Crippen molar-refractivity contribution in [3.63, 3.8) is 0 Å². The summed E-state index contributed by atoms with van der Waals surface area (Å²) >= 11 is 0. The molecular formula is C47H51FN12O2. The molecule has 2 fully saturated rings. The molecule has 0 amide bonds. The van der Waals surface area contributed by atoms with E-state index in [4.69, 9.17) is 25.0 Å². The van der Waals surface area contributed by atoms with Crippen LogP contribution in [0.4, 0.5) is 15.8 Å². The Morgan fingerprint density at radius 3 is 2.29 bits per heavy atom. The highest BCUT2D eigenvalue weighted by Gasteiger charge is 2.30. The van der Waals surface area contributed by atoms with Crippen LogP contribution in [0.3, 0.4) is 0 Å². The number of aromatic nitrogens is 8. The molecule has 62 heavy (non-hydrogen) atoms. The summed E-state index contributed by atoms with van der Waals surface area (Å²) in [5.74, 6) is 0.341. The van der Waals surface area contributed by atoms with Gasteiger partial charge in [0.05, 0.1) is 46.2 Å². The summed E-state index contributed by atoms with van der Waals surface area (Å²) in [4.78, 5) is 24.3. The molecule has 14 nitrogen and oxygen atoms in total. The first kappa shape index (κ1) is 39.7. The number of piperazine rings is 1. The molecule has 8 aromatic rings. The maximum absolute atomic E-state index is 12.8. The number of nitrogens with one attached hydrogen (secondary N) is 2. The number of hydrogen-bond acceptors (Lipinski definition) is 12. The molecule has 8 heterocycles. The van der Waals surface area contributed by atoms with Gasteiger partial charge in [-0.15, -0.1) is 0 Å². The Balaban J connectivity index is 0.934. The zero-order valence-electron chi connectivity index (χ0n) is 35.9.